The van der Waals surface area contributed by atoms with Crippen LogP contribution in [0, 0.1) is 13.8 Å². The number of hydrogen-bond donors (Lipinski definition) is 1. The van der Waals surface area contributed by atoms with Gasteiger partial charge in [0.2, 0.25) is 0 Å². The van der Waals surface area contributed by atoms with E-state index in [-0.39, 0.29) is 0 Å². The van der Waals surface area contributed by atoms with Crippen LogP contribution < -0.4 is 0 Å². The smallest absolute Gasteiger partial charge is 0.145 e. The van der Waals surface area contributed by atoms with E-state index in [1.807, 2.05) is 24.8 Å². The Bertz CT molecular complexity index is 1850. The molecule has 0 radical (unpaired) electrons. The van der Waals surface area contributed by atoms with E-state index >= 15 is 0 Å². The number of H-pyrrole nitrogens is 1. The van der Waals surface area contributed by atoms with Gasteiger partial charge in [-0.05, 0) is 60.4 Å². The summed E-state index contributed by atoms with van der Waals surface area (Å²) in [5.41, 5.74) is 9.49. The van der Waals surface area contributed by atoms with Crippen molar-refractivity contribution >= 4 is 49.1 Å². The highest BCUT2D eigenvalue weighted by Gasteiger charge is 2.16. The Morgan fingerprint density at radius 3 is 2.56 bits per heavy atom. The Labute approximate surface area is 184 Å². The third kappa shape index (κ3) is 2.21. The maximum absolute atomic E-state index is 4.66. The van der Waals surface area contributed by atoms with E-state index < -0.39 is 0 Å². The van der Waals surface area contributed by atoms with Crippen molar-refractivity contribution in [2.24, 2.45) is 0 Å². The fourth-order valence-corrected chi connectivity index (χ4v) is 5.24. The van der Waals surface area contributed by atoms with E-state index in [1.165, 1.54) is 38.4 Å². The summed E-state index contributed by atoms with van der Waals surface area (Å²) in [6.07, 6.45) is 7.69. The molecule has 152 valence electrons. The van der Waals surface area contributed by atoms with E-state index in [2.05, 4.69) is 87.8 Å². The van der Waals surface area contributed by atoms with Crippen molar-refractivity contribution in [3.63, 3.8) is 0 Å². The molecule has 4 nitrogen and oxygen atoms in total. The third-order valence-corrected chi connectivity index (χ3v) is 6.76. The lowest BCUT2D eigenvalue weighted by atomic mass is 9.95. The van der Waals surface area contributed by atoms with Gasteiger partial charge < -0.3 is 4.98 Å². The molecule has 0 saturated heterocycles. The molecule has 0 saturated carbocycles. The topological polar surface area (TPSA) is 46.0 Å². The van der Waals surface area contributed by atoms with Gasteiger partial charge in [-0.25, -0.2) is 4.98 Å². The maximum Gasteiger partial charge on any atom is 0.145 e. The first-order valence-corrected chi connectivity index (χ1v) is 10.8. The summed E-state index contributed by atoms with van der Waals surface area (Å²) >= 11 is 0. The highest BCUT2D eigenvalue weighted by atomic mass is 15.0. The van der Waals surface area contributed by atoms with Crippen LogP contribution in [0.5, 0.6) is 0 Å². The van der Waals surface area contributed by atoms with Crippen molar-refractivity contribution in [2.45, 2.75) is 13.8 Å². The molecule has 0 fully saturated rings. The van der Waals surface area contributed by atoms with Crippen molar-refractivity contribution < 1.29 is 0 Å². The lowest BCUT2D eigenvalue weighted by molar-refractivity contribution is 1.25. The van der Waals surface area contributed by atoms with E-state index in [0.717, 1.165) is 33.0 Å². The SMILES string of the molecule is Cc1ccccc1-c1cc2[nH]c3c(ccc4c3c3cnccc3n3ccnc43)c2cc1C. The monoisotopic (exact) mass is 412 g/mol. The first kappa shape index (κ1) is 17.5. The van der Waals surface area contributed by atoms with Crippen LogP contribution in [0.3, 0.4) is 0 Å². The minimum absolute atomic E-state index is 0.969. The zero-order valence-corrected chi connectivity index (χ0v) is 17.8. The Morgan fingerprint density at radius 1 is 0.781 bits per heavy atom. The molecule has 7 rings (SSSR count). The van der Waals surface area contributed by atoms with Crippen LogP contribution in [0.15, 0.2) is 79.4 Å². The molecule has 4 heterocycles. The Hall–Kier alpha value is -4.18. The molecule has 0 aliphatic rings. The van der Waals surface area contributed by atoms with Crippen molar-refractivity contribution in [1.29, 1.82) is 0 Å². The molecule has 1 N–H and O–H groups in total. The molecule has 0 bridgehead atoms. The average Bonchev–Trinajstić information content (AvgIpc) is 3.44. The Kier molecular flexibility index (Phi) is 3.37. The zero-order chi connectivity index (χ0) is 21.4. The summed E-state index contributed by atoms with van der Waals surface area (Å²) in [5, 5.41) is 5.91. The number of imidazole rings is 1. The van der Waals surface area contributed by atoms with E-state index in [0.29, 0.717) is 0 Å². The first-order valence-electron chi connectivity index (χ1n) is 10.8. The van der Waals surface area contributed by atoms with Gasteiger partial charge in [0.05, 0.1) is 11.0 Å². The molecule has 0 atom stereocenters. The number of hydrogen-bond acceptors (Lipinski definition) is 2. The predicted molar refractivity (Wildman–Crippen MR) is 132 cm³/mol. The number of benzene rings is 3. The molecule has 0 aliphatic heterocycles. The largest absolute Gasteiger partial charge is 0.354 e. The van der Waals surface area contributed by atoms with E-state index in [1.54, 1.807) is 0 Å². The number of nitrogens with one attached hydrogen (secondary N) is 1. The summed E-state index contributed by atoms with van der Waals surface area (Å²) in [6.45, 7) is 4.38. The van der Waals surface area contributed by atoms with Crippen LogP contribution in [-0.4, -0.2) is 19.4 Å². The molecule has 0 amide bonds. The standard InChI is InChI=1S/C28H20N4/c1-16-5-3-4-6-18(16)21-14-24-22(13-17(21)2)19-7-8-20-26(27(19)31-24)23-15-29-10-9-25(23)32-12-11-30-28(20)32/h3-15,31H,1-2H3. The van der Waals surface area contributed by atoms with Crippen molar-refractivity contribution in [2.75, 3.05) is 0 Å². The third-order valence-electron chi connectivity index (χ3n) is 6.76. The van der Waals surface area contributed by atoms with Gasteiger partial charge in [-0.15, -0.1) is 0 Å². The summed E-state index contributed by atoms with van der Waals surface area (Å²) in [5.74, 6) is 0. The molecule has 0 spiro atoms. The van der Waals surface area contributed by atoms with Crippen molar-refractivity contribution in [1.82, 2.24) is 19.4 Å². The number of aromatic nitrogens is 4. The molecule has 4 aromatic heterocycles. The number of nitrogens with zero attached hydrogens (tertiary/aromatic N) is 3. The highest BCUT2D eigenvalue weighted by molar-refractivity contribution is 6.26. The summed E-state index contributed by atoms with van der Waals surface area (Å²) in [4.78, 5) is 12.9. The van der Waals surface area contributed by atoms with Gasteiger partial charge in [0, 0.05) is 57.2 Å². The number of pyridine rings is 2. The van der Waals surface area contributed by atoms with Crippen LogP contribution in [0.1, 0.15) is 11.1 Å². The van der Waals surface area contributed by atoms with Crippen LogP contribution in [-0.2, 0) is 0 Å². The van der Waals surface area contributed by atoms with Gasteiger partial charge in [-0.2, -0.15) is 0 Å². The number of fused-ring (bicyclic) bond motifs is 10. The quantitative estimate of drug-likeness (QED) is 0.296. The molecule has 4 heteroatoms. The van der Waals surface area contributed by atoms with Gasteiger partial charge >= 0.3 is 0 Å². The minimum atomic E-state index is 0.969. The second-order valence-corrected chi connectivity index (χ2v) is 8.58. The fourth-order valence-electron chi connectivity index (χ4n) is 5.24. The Morgan fingerprint density at radius 2 is 1.66 bits per heavy atom. The highest BCUT2D eigenvalue weighted by Crippen LogP contribution is 2.39. The number of rotatable bonds is 1. The van der Waals surface area contributed by atoms with Gasteiger partial charge in [-0.1, -0.05) is 30.3 Å². The fraction of sp³-hybridized carbons (Fsp3) is 0.0714. The number of aryl methyl sites for hydroxylation is 2. The van der Waals surface area contributed by atoms with Crippen molar-refractivity contribution in [3.05, 3.63) is 90.5 Å². The Balaban J connectivity index is 1.66. The van der Waals surface area contributed by atoms with Crippen LogP contribution in [0.25, 0.3) is 60.3 Å². The molecule has 3 aromatic carbocycles. The van der Waals surface area contributed by atoms with Gasteiger partial charge in [0.15, 0.2) is 0 Å². The lowest BCUT2D eigenvalue weighted by Gasteiger charge is -2.10. The normalized spacial score (nSPS) is 12.1. The molecular weight excluding hydrogens is 392 g/mol. The van der Waals surface area contributed by atoms with Crippen LogP contribution in [0.2, 0.25) is 0 Å². The van der Waals surface area contributed by atoms with Crippen molar-refractivity contribution in [3.8, 4) is 11.1 Å². The van der Waals surface area contributed by atoms with Gasteiger partial charge in [-0.3, -0.25) is 9.38 Å². The van der Waals surface area contributed by atoms with Gasteiger partial charge in [0.25, 0.3) is 0 Å². The van der Waals surface area contributed by atoms with Crippen LogP contribution >= 0.6 is 0 Å². The summed E-state index contributed by atoms with van der Waals surface area (Å²) < 4.78 is 2.15. The number of aromatic amines is 1. The van der Waals surface area contributed by atoms with E-state index in [9.17, 15) is 0 Å². The average molecular weight is 412 g/mol. The summed E-state index contributed by atoms with van der Waals surface area (Å²) in [6, 6.07) is 19.7. The molecule has 0 unspecified atom stereocenters. The van der Waals surface area contributed by atoms with E-state index in [4.69, 9.17) is 0 Å². The minimum Gasteiger partial charge on any atom is -0.354 e. The lowest BCUT2D eigenvalue weighted by Crippen LogP contribution is -1.91. The summed E-state index contributed by atoms with van der Waals surface area (Å²) in [7, 11) is 0. The predicted octanol–water partition coefficient (Wildman–Crippen LogP) is 6.95. The second-order valence-electron chi connectivity index (χ2n) is 8.58. The van der Waals surface area contributed by atoms with Crippen LogP contribution in [0.4, 0.5) is 0 Å². The molecule has 0 aliphatic carbocycles. The molecule has 32 heavy (non-hydrogen) atoms. The van der Waals surface area contributed by atoms with Gasteiger partial charge in [0.1, 0.15) is 5.65 Å². The first-order chi connectivity index (χ1) is 15.7. The maximum atomic E-state index is 4.66. The zero-order valence-electron chi connectivity index (χ0n) is 17.8. The molecule has 7 aromatic rings. The molecular formula is C28H20N4. The second kappa shape index (κ2) is 6.17.